The highest BCUT2D eigenvalue weighted by Crippen LogP contribution is 2.21. The fourth-order valence-corrected chi connectivity index (χ4v) is 2.74. The number of hydrogen-bond acceptors (Lipinski definition) is 2. The molecule has 0 aliphatic heterocycles. The average molecular weight is 292 g/mol. The van der Waals surface area contributed by atoms with Crippen LogP contribution in [0.2, 0.25) is 5.02 Å². The van der Waals surface area contributed by atoms with Crippen LogP contribution in [0.3, 0.4) is 0 Å². The first-order valence-electron chi connectivity index (χ1n) is 7.16. The number of likely N-dealkylation sites (N-methyl/N-ethyl adjacent to an activating group) is 1. The van der Waals surface area contributed by atoms with Gasteiger partial charge >= 0.3 is 0 Å². The highest BCUT2D eigenvalue weighted by atomic mass is 35.5. The van der Waals surface area contributed by atoms with E-state index in [1.807, 2.05) is 25.1 Å². The molecule has 0 spiro atoms. The molecule has 0 aliphatic rings. The fraction of sp³-hybridized carbons (Fsp3) is 0.438. The van der Waals surface area contributed by atoms with Crippen molar-refractivity contribution in [3.8, 4) is 0 Å². The second kappa shape index (κ2) is 6.91. The minimum absolute atomic E-state index is 0.264. The van der Waals surface area contributed by atoms with Crippen molar-refractivity contribution in [2.24, 2.45) is 0 Å². The summed E-state index contributed by atoms with van der Waals surface area (Å²) in [7, 11) is 0. The second-order valence-electron chi connectivity index (χ2n) is 4.97. The molecular weight excluding hydrogens is 270 g/mol. The third-order valence-electron chi connectivity index (χ3n) is 3.37. The van der Waals surface area contributed by atoms with Crippen molar-refractivity contribution in [3.63, 3.8) is 0 Å². The largest absolute Gasteiger partial charge is 0.309 e. The summed E-state index contributed by atoms with van der Waals surface area (Å²) in [4.78, 5) is 0. The normalized spacial score (nSPS) is 12.6. The summed E-state index contributed by atoms with van der Waals surface area (Å²) in [5, 5.41) is 8.88. The highest BCUT2D eigenvalue weighted by molar-refractivity contribution is 6.30. The maximum atomic E-state index is 6.08. The summed E-state index contributed by atoms with van der Waals surface area (Å²) in [6, 6.07) is 10.5. The van der Waals surface area contributed by atoms with E-state index in [0.717, 1.165) is 30.2 Å². The molecule has 0 radical (unpaired) electrons. The quantitative estimate of drug-likeness (QED) is 0.878. The molecule has 3 nitrogen and oxygen atoms in total. The van der Waals surface area contributed by atoms with Gasteiger partial charge in [-0.25, -0.2) is 0 Å². The average Bonchev–Trinajstić information content (AvgIpc) is 2.79. The van der Waals surface area contributed by atoms with Gasteiger partial charge in [-0.05, 0) is 50.6 Å². The second-order valence-corrected chi connectivity index (χ2v) is 5.41. The molecule has 0 saturated carbocycles. The molecule has 0 fully saturated rings. The van der Waals surface area contributed by atoms with Crippen LogP contribution in [0.4, 0.5) is 0 Å². The first-order valence-corrected chi connectivity index (χ1v) is 7.54. The molecule has 1 N–H and O–H groups in total. The van der Waals surface area contributed by atoms with Crippen LogP contribution in [0, 0.1) is 6.92 Å². The Morgan fingerprint density at radius 1 is 1.30 bits per heavy atom. The number of aryl methyl sites for hydroxylation is 2. The molecule has 1 unspecified atom stereocenters. The zero-order valence-electron chi connectivity index (χ0n) is 12.4. The van der Waals surface area contributed by atoms with Crippen molar-refractivity contribution >= 4 is 11.6 Å². The molecule has 0 saturated heterocycles. The number of hydrogen-bond donors (Lipinski definition) is 1. The van der Waals surface area contributed by atoms with E-state index in [2.05, 4.69) is 41.1 Å². The van der Waals surface area contributed by atoms with Gasteiger partial charge < -0.3 is 5.32 Å². The Morgan fingerprint density at radius 3 is 2.75 bits per heavy atom. The van der Waals surface area contributed by atoms with Gasteiger partial charge in [0.15, 0.2) is 0 Å². The van der Waals surface area contributed by atoms with Crippen molar-refractivity contribution in [1.82, 2.24) is 15.1 Å². The third-order valence-corrected chi connectivity index (χ3v) is 3.60. The first-order chi connectivity index (χ1) is 9.63. The molecular formula is C16H22ClN3. The van der Waals surface area contributed by atoms with Crippen molar-refractivity contribution in [2.45, 2.75) is 39.8 Å². The lowest BCUT2D eigenvalue weighted by molar-refractivity contribution is 0.490. The van der Waals surface area contributed by atoms with Crippen LogP contribution in [-0.2, 0) is 13.0 Å². The molecule has 0 bridgehead atoms. The molecule has 1 heterocycles. The molecule has 1 aromatic carbocycles. The summed E-state index contributed by atoms with van der Waals surface area (Å²) in [6.07, 6.45) is 0.916. The molecule has 1 atom stereocenters. The van der Waals surface area contributed by atoms with Gasteiger partial charge in [0.1, 0.15) is 0 Å². The third kappa shape index (κ3) is 3.62. The van der Waals surface area contributed by atoms with E-state index in [-0.39, 0.29) is 6.04 Å². The maximum Gasteiger partial charge on any atom is 0.0597 e. The topological polar surface area (TPSA) is 29.9 Å². The Bertz CT molecular complexity index is 563. The lowest BCUT2D eigenvalue weighted by atomic mass is 10.0. The summed E-state index contributed by atoms with van der Waals surface area (Å²) in [5.74, 6) is 0. The lowest BCUT2D eigenvalue weighted by Gasteiger charge is -2.19. The van der Waals surface area contributed by atoms with Crippen molar-refractivity contribution < 1.29 is 0 Å². The van der Waals surface area contributed by atoms with Crippen LogP contribution in [0.25, 0.3) is 0 Å². The van der Waals surface area contributed by atoms with Gasteiger partial charge in [-0.2, -0.15) is 5.10 Å². The molecule has 20 heavy (non-hydrogen) atoms. The molecule has 0 amide bonds. The standard InChI is InChI=1S/C16H22ClN3/c1-4-18-15(11-13-7-6-8-14(17)10-13)16-9-12(3)19-20(16)5-2/h6-10,15,18H,4-5,11H2,1-3H3. The van der Waals surface area contributed by atoms with Gasteiger partial charge in [-0.15, -0.1) is 0 Å². The van der Waals surface area contributed by atoms with Gasteiger partial charge in [-0.3, -0.25) is 4.68 Å². The fourth-order valence-electron chi connectivity index (χ4n) is 2.53. The van der Waals surface area contributed by atoms with Crippen LogP contribution >= 0.6 is 11.6 Å². The maximum absolute atomic E-state index is 6.08. The number of halogens is 1. The zero-order valence-corrected chi connectivity index (χ0v) is 13.1. The summed E-state index contributed by atoms with van der Waals surface area (Å²) in [6.45, 7) is 8.11. The van der Waals surface area contributed by atoms with E-state index in [0.29, 0.717) is 0 Å². The van der Waals surface area contributed by atoms with E-state index >= 15 is 0 Å². The van der Waals surface area contributed by atoms with Crippen molar-refractivity contribution in [2.75, 3.05) is 6.54 Å². The Morgan fingerprint density at radius 2 is 2.10 bits per heavy atom. The number of nitrogens with zero attached hydrogens (tertiary/aromatic N) is 2. The molecule has 1 aromatic heterocycles. The molecule has 4 heteroatoms. The Hall–Kier alpha value is -1.32. The van der Waals surface area contributed by atoms with E-state index in [1.54, 1.807) is 0 Å². The van der Waals surface area contributed by atoms with E-state index in [1.165, 1.54) is 11.3 Å². The predicted molar refractivity (Wildman–Crippen MR) is 84.2 cm³/mol. The zero-order chi connectivity index (χ0) is 14.5. The summed E-state index contributed by atoms with van der Waals surface area (Å²) < 4.78 is 2.08. The van der Waals surface area contributed by atoms with Gasteiger partial charge in [0.2, 0.25) is 0 Å². The van der Waals surface area contributed by atoms with E-state index in [9.17, 15) is 0 Å². The van der Waals surface area contributed by atoms with Gasteiger partial charge in [-0.1, -0.05) is 30.7 Å². The summed E-state index contributed by atoms with van der Waals surface area (Å²) >= 11 is 6.08. The van der Waals surface area contributed by atoms with Crippen LogP contribution < -0.4 is 5.32 Å². The highest BCUT2D eigenvalue weighted by Gasteiger charge is 2.16. The number of nitrogens with one attached hydrogen (secondary N) is 1. The van der Waals surface area contributed by atoms with E-state index in [4.69, 9.17) is 11.6 Å². The van der Waals surface area contributed by atoms with Gasteiger partial charge in [0, 0.05) is 11.6 Å². The van der Waals surface area contributed by atoms with E-state index < -0.39 is 0 Å². The number of benzene rings is 1. The van der Waals surface area contributed by atoms with Gasteiger partial charge in [0.25, 0.3) is 0 Å². The monoisotopic (exact) mass is 291 g/mol. The lowest BCUT2D eigenvalue weighted by Crippen LogP contribution is -2.25. The Labute approximate surface area is 126 Å². The Balaban J connectivity index is 2.26. The summed E-state index contributed by atoms with van der Waals surface area (Å²) in [5.41, 5.74) is 3.55. The van der Waals surface area contributed by atoms with Crippen LogP contribution in [-0.4, -0.2) is 16.3 Å². The number of aromatic nitrogens is 2. The van der Waals surface area contributed by atoms with Crippen LogP contribution in [0.5, 0.6) is 0 Å². The molecule has 108 valence electrons. The molecule has 2 aromatic rings. The molecule has 2 rings (SSSR count). The molecule has 0 aliphatic carbocycles. The predicted octanol–water partition coefficient (Wildman–Crippen LogP) is 3.76. The van der Waals surface area contributed by atoms with Crippen molar-refractivity contribution in [3.05, 3.63) is 52.3 Å². The Kier molecular flexibility index (Phi) is 5.21. The van der Waals surface area contributed by atoms with Crippen molar-refractivity contribution in [1.29, 1.82) is 0 Å². The van der Waals surface area contributed by atoms with Crippen LogP contribution in [0.1, 0.15) is 36.8 Å². The van der Waals surface area contributed by atoms with Crippen LogP contribution in [0.15, 0.2) is 30.3 Å². The first kappa shape index (κ1) is 15.1. The van der Waals surface area contributed by atoms with Gasteiger partial charge in [0.05, 0.1) is 17.4 Å². The number of rotatable bonds is 6. The minimum Gasteiger partial charge on any atom is -0.309 e. The minimum atomic E-state index is 0.264. The SMILES string of the molecule is CCNC(Cc1cccc(Cl)c1)c1cc(C)nn1CC. The smallest absolute Gasteiger partial charge is 0.0597 e.